The first kappa shape index (κ1) is 67.2. The zero-order valence-corrected chi connectivity index (χ0v) is 47.8. The number of allylic oxidation sites excluding steroid dienone is 1. The van der Waals surface area contributed by atoms with Gasteiger partial charge in [0, 0.05) is 58.2 Å². The number of cyclic esters (lactones) is 2. The van der Waals surface area contributed by atoms with Crippen molar-refractivity contribution < 1.29 is 66.8 Å². The monoisotopic (exact) mass is 1090 g/mol. The lowest BCUT2D eigenvalue weighted by Crippen LogP contribution is -2.57. The Kier molecular flexibility index (Phi) is 31.6. The highest BCUT2D eigenvalue weighted by Gasteiger charge is 2.37. The van der Waals surface area contributed by atoms with E-state index in [0.717, 1.165) is 12.0 Å². The highest BCUT2D eigenvalue weighted by atomic mass is 16.6. The van der Waals surface area contributed by atoms with Crippen LogP contribution in [0.5, 0.6) is 0 Å². The van der Waals surface area contributed by atoms with Crippen LogP contribution in [-0.2, 0) is 68.4 Å². The maximum absolute atomic E-state index is 14.3. The first-order chi connectivity index (χ1) is 36.5. The number of carbonyl (C=O) groups excluding carboxylic acids is 8. The van der Waals surface area contributed by atoms with E-state index in [4.69, 9.17) is 34.2 Å². The van der Waals surface area contributed by atoms with Gasteiger partial charge in [-0.25, -0.2) is 14.4 Å². The van der Waals surface area contributed by atoms with Gasteiger partial charge in [0.1, 0.15) is 42.5 Å². The number of rotatable bonds is 21. The largest absolute Gasteiger partial charge is 0.458 e. The Morgan fingerprint density at radius 2 is 1.47 bits per heavy atom. The molecule has 1 aliphatic rings. The molecule has 0 spiro atoms. The topological polar surface area (TPSA) is 273 Å². The molecule has 0 saturated heterocycles. The number of nitrogens with two attached hydrogens (primary N) is 1. The van der Waals surface area contributed by atoms with Crippen LogP contribution >= 0.6 is 0 Å². The third-order valence-corrected chi connectivity index (χ3v) is 13.2. The van der Waals surface area contributed by atoms with Crippen LogP contribution in [0.1, 0.15) is 113 Å². The van der Waals surface area contributed by atoms with Crippen LogP contribution in [0.2, 0.25) is 0 Å². The summed E-state index contributed by atoms with van der Waals surface area (Å²) >= 11 is 0. The lowest BCUT2D eigenvalue weighted by Gasteiger charge is -2.33. The van der Waals surface area contributed by atoms with Gasteiger partial charge in [-0.05, 0) is 83.4 Å². The van der Waals surface area contributed by atoms with Gasteiger partial charge in [-0.2, -0.15) is 0 Å². The van der Waals surface area contributed by atoms with Gasteiger partial charge in [0.2, 0.25) is 29.5 Å². The van der Waals surface area contributed by atoms with Gasteiger partial charge in [0.25, 0.3) is 0 Å². The van der Waals surface area contributed by atoms with E-state index in [0.29, 0.717) is 71.0 Å². The van der Waals surface area contributed by atoms with E-state index in [1.807, 2.05) is 26.8 Å². The number of benzene rings is 1. The van der Waals surface area contributed by atoms with Crippen LogP contribution in [0.25, 0.3) is 0 Å². The maximum atomic E-state index is 14.3. The second kappa shape index (κ2) is 36.2. The molecule has 6 amide bonds. The van der Waals surface area contributed by atoms with E-state index in [1.165, 1.54) is 44.7 Å². The third kappa shape index (κ3) is 25.0. The fraction of sp³-hybridized carbons (Fsp3) is 0.679. The van der Waals surface area contributed by atoms with Crippen LogP contribution < -0.4 is 27.0 Å². The summed E-state index contributed by atoms with van der Waals surface area (Å²) < 4.78 is 34.6. The standard InChI is InChI=1S/C56H91N7O14/c1-13-37(5)49-51(66)60-42(10)55(70)77-50(38(6)14-2)40(8)46(76-56(71)58-25-19-27-73-29-31-74-30-28-72-26-18-24-57)23-22-39(7)54(69)75-44(32-36(3)4)34-47(64)59-41(9)52(67)63(12)45(33-43-20-16-15-17-21-43)53(68)62(11)35-48(65)61-49/h14-17,20-22,36-37,40-42,44-46,49-50H,13,18-19,23-35,57H2,1-12H3,(H,58,71)(H,59,64)(H,60,66)(H,61,65)/b38-14+,39-22+/t37?,40-,41-,42+,44+,45+,46-,49-,50+/m0/s1. The molecule has 0 aromatic heterocycles. The lowest BCUT2D eigenvalue weighted by molar-refractivity contribution is -0.155. The Hall–Kier alpha value is -5.90. The van der Waals surface area contributed by atoms with E-state index in [-0.39, 0.29) is 37.3 Å². The van der Waals surface area contributed by atoms with Crippen LogP contribution in [0.3, 0.4) is 0 Å². The van der Waals surface area contributed by atoms with Gasteiger partial charge in [-0.15, -0.1) is 0 Å². The van der Waals surface area contributed by atoms with Crippen LogP contribution in [0.15, 0.2) is 53.6 Å². The van der Waals surface area contributed by atoms with Crippen molar-refractivity contribution in [3.8, 4) is 0 Å². The lowest BCUT2D eigenvalue weighted by atomic mass is 9.90. The minimum absolute atomic E-state index is 0.00465. The number of nitrogens with zero attached hydrogens (tertiary/aromatic N) is 2. The van der Waals surface area contributed by atoms with Crippen molar-refractivity contribution in [3.63, 3.8) is 0 Å². The Morgan fingerprint density at radius 3 is 2.06 bits per heavy atom. The fourth-order valence-electron chi connectivity index (χ4n) is 8.25. The molecule has 0 aliphatic carbocycles. The third-order valence-electron chi connectivity index (χ3n) is 13.2. The molecule has 0 saturated carbocycles. The number of alkyl carbamates (subject to hydrolysis) is 1. The fourth-order valence-corrected chi connectivity index (χ4v) is 8.25. The number of amides is 6. The smallest absolute Gasteiger partial charge is 0.407 e. The SMILES string of the molecule is C/C=C(\C)[C@H]1OC(=O)[C@@H](C)NC(=O)[C@H](C(C)CC)NC(=O)CN(C)C(=O)[C@@H](Cc2ccccc2)N(C)C(=O)[C@H](C)NC(=O)C[C@@H](CC(C)C)OC(=O)/C(C)=C/C[C@H](OC(=O)NCCCOCCOCCOCCCN)[C@@H]1C. The molecule has 1 heterocycles. The summed E-state index contributed by atoms with van der Waals surface area (Å²) in [5, 5.41) is 10.9. The highest BCUT2D eigenvalue weighted by molar-refractivity contribution is 5.95. The van der Waals surface area contributed by atoms with Gasteiger partial charge in [-0.3, -0.25) is 24.0 Å². The normalized spacial score (nSPS) is 24.9. The van der Waals surface area contributed by atoms with Gasteiger partial charge in [0.05, 0.1) is 39.4 Å². The van der Waals surface area contributed by atoms with Crippen molar-refractivity contribution in [3.05, 3.63) is 59.2 Å². The molecule has 434 valence electrons. The zero-order chi connectivity index (χ0) is 57.6. The Morgan fingerprint density at radius 1 is 0.844 bits per heavy atom. The highest BCUT2D eigenvalue weighted by Crippen LogP contribution is 2.26. The summed E-state index contributed by atoms with van der Waals surface area (Å²) in [6.07, 6.45) is 1.41. The van der Waals surface area contributed by atoms with Crippen molar-refractivity contribution in [1.82, 2.24) is 31.1 Å². The molecule has 1 aromatic carbocycles. The van der Waals surface area contributed by atoms with Crippen LogP contribution in [0, 0.1) is 17.8 Å². The molecule has 0 fully saturated rings. The summed E-state index contributed by atoms with van der Waals surface area (Å²) in [6.45, 7) is 20.0. The van der Waals surface area contributed by atoms with E-state index in [1.54, 1.807) is 64.1 Å². The first-order valence-corrected chi connectivity index (χ1v) is 27.1. The molecule has 1 unspecified atom stereocenters. The van der Waals surface area contributed by atoms with E-state index < -0.39 is 108 Å². The second-order valence-corrected chi connectivity index (χ2v) is 20.2. The number of likely N-dealkylation sites (N-methyl/N-ethyl adjacent to an activating group) is 2. The van der Waals surface area contributed by atoms with Crippen molar-refractivity contribution in [2.24, 2.45) is 23.5 Å². The number of esters is 2. The van der Waals surface area contributed by atoms with Crippen molar-refractivity contribution >= 4 is 47.6 Å². The minimum Gasteiger partial charge on any atom is -0.458 e. The quantitative estimate of drug-likeness (QED) is 0.0501. The summed E-state index contributed by atoms with van der Waals surface area (Å²) in [6, 6.07) is 4.43. The number of ether oxygens (including phenoxy) is 6. The van der Waals surface area contributed by atoms with E-state index in [2.05, 4.69) is 21.3 Å². The number of carbonyl (C=O) groups is 8. The van der Waals surface area contributed by atoms with E-state index in [9.17, 15) is 38.4 Å². The Bertz CT molecular complexity index is 2090. The zero-order valence-electron chi connectivity index (χ0n) is 47.8. The molecule has 2 rings (SSSR count). The average molecular weight is 1090 g/mol. The molecule has 9 atom stereocenters. The molecule has 21 nitrogen and oxygen atoms in total. The summed E-state index contributed by atoms with van der Waals surface area (Å²) in [5.74, 6) is -5.77. The van der Waals surface area contributed by atoms with Crippen molar-refractivity contribution in [2.75, 3.05) is 73.4 Å². The summed E-state index contributed by atoms with van der Waals surface area (Å²) in [4.78, 5) is 113. The molecule has 0 bridgehead atoms. The Balaban J connectivity index is 2.52. The molecule has 0 radical (unpaired) electrons. The maximum Gasteiger partial charge on any atom is 0.407 e. The predicted molar refractivity (Wildman–Crippen MR) is 291 cm³/mol. The number of nitrogens with one attached hydrogen (secondary N) is 4. The second-order valence-electron chi connectivity index (χ2n) is 20.2. The molecule has 1 aromatic rings. The molecule has 77 heavy (non-hydrogen) atoms. The molecular formula is C56H91N7O14. The van der Waals surface area contributed by atoms with Crippen molar-refractivity contribution in [2.45, 2.75) is 157 Å². The molecule has 1 aliphatic heterocycles. The van der Waals surface area contributed by atoms with Crippen LogP contribution in [0.4, 0.5) is 4.79 Å². The van der Waals surface area contributed by atoms with Crippen LogP contribution in [-0.4, -0.2) is 173 Å². The minimum atomic E-state index is -1.22. The summed E-state index contributed by atoms with van der Waals surface area (Å²) in [5.41, 5.74) is 6.96. The number of hydrogen-bond donors (Lipinski definition) is 5. The average Bonchev–Trinajstić information content (AvgIpc) is 3.39. The predicted octanol–water partition coefficient (Wildman–Crippen LogP) is 4.15. The summed E-state index contributed by atoms with van der Waals surface area (Å²) in [7, 11) is 2.86. The Labute approximate surface area is 456 Å². The van der Waals surface area contributed by atoms with Crippen molar-refractivity contribution in [1.29, 1.82) is 0 Å². The molecule has 6 N–H and O–H groups in total. The van der Waals surface area contributed by atoms with Gasteiger partial charge in [-0.1, -0.05) is 83.5 Å². The van der Waals surface area contributed by atoms with Gasteiger partial charge < -0.3 is 65.2 Å². The molecular weight excluding hydrogens is 995 g/mol. The van der Waals surface area contributed by atoms with Gasteiger partial charge >= 0.3 is 18.0 Å². The van der Waals surface area contributed by atoms with Gasteiger partial charge in [0.15, 0.2) is 0 Å². The molecule has 21 heteroatoms. The van der Waals surface area contributed by atoms with E-state index >= 15 is 0 Å². The first-order valence-electron chi connectivity index (χ1n) is 27.1. The number of hydrogen-bond acceptors (Lipinski definition) is 15.